The van der Waals surface area contributed by atoms with Crippen molar-refractivity contribution < 1.29 is 4.42 Å². The highest BCUT2D eigenvalue weighted by atomic mass is 16.3. The largest absolute Gasteiger partial charge is 0.456 e. The van der Waals surface area contributed by atoms with E-state index >= 15 is 0 Å². The SMILES string of the molecule is c1cc(-c2ccc(-c3cccc4ccccc34)cc2)cc(N(c2ccc(-c3cccc4c3ccc3ccccc34)cc2)c2ccc(-c3cccc4oc5ccccc5c34)cc2)c1. The second-order valence-corrected chi connectivity index (χ2v) is 16.0. The van der Waals surface area contributed by atoms with Crippen LogP contribution in [-0.4, -0.2) is 0 Å². The molecule has 290 valence electrons. The fourth-order valence-corrected chi connectivity index (χ4v) is 9.48. The minimum Gasteiger partial charge on any atom is -0.456 e. The minimum absolute atomic E-state index is 0.899. The van der Waals surface area contributed by atoms with Crippen LogP contribution in [0.3, 0.4) is 0 Å². The predicted octanol–water partition coefficient (Wildman–Crippen LogP) is 17.2. The molecule has 2 heteroatoms. The summed E-state index contributed by atoms with van der Waals surface area (Å²) in [5.41, 5.74) is 14.5. The van der Waals surface area contributed by atoms with Crippen LogP contribution >= 0.6 is 0 Å². The number of nitrogens with zero attached hydrogens (tertiary/aromatic N) is 1. The highest BCUT2D eigenvalue weighted by molar-refractivity contribution is 6.13. The van der Waals surface area contributed by atoms with Crippen molar-refractivity contribution in [1.82, 2.24) is 0 Å². The Balaban J connectivity index is 0.946. The Hall–Kier alpha value is -8.20. The molecule has 0 aliphatic carbocycles. The van der Waals surface area contributed by atoms with Crippen LogP contribution < -0.4 is 4.90 Å². The van der Waals surface area contributed by atoms with E-state index in [9.17, 15) is 0 Å². The van der Waals surface area contributed by atoms with Crippen molar-refractivity contribution in [2.24, 2.45) is 0 Å². The van der Waals surface area contributed by atoms with Crippen molar-refractivity contribution in [2.45, 2.75) is 0 Å². The van der Waals surface area contributed by atoms with Gasteiger partial charge >= 0.3 is 0 Å². The lowest BCUT2D eigenvalue weighted by molar-refractivity contribution is 0.669. The monoisotopic (exact) mass is 789 g/mol. The molecule has 0 saturated carbocycles. The van der Waals surface area contributed by atoms with Crippen molar-refractivity contribution >= 4 is 71.3 Å². The van der Waals surface area contributed by atoms with Gasteiger partial charge in [0.25, 0.3) is 0 Å². The molecule has 0 aliphatic heterocycles. The Bertz CT molecular complexity index is 3610. The van der Waals surface area contributed by atoms with Crippen molar-refractivity contribution in [3.05, 3.63) is 237 Å². The summed E-state index contributed by atoms with van der Waals surface area (Å²) < 4.78 is 6.26. The molecule has 12 rings (SSSR count). The summed E-state index contributed by atoms with van der Waals surface area (Å²) in [7, 11) is 0. The van der Waals surface area contributed by atoms with E-state index in [-0.39, 0.29) is 0 Å². The molecule has 62 heavy (non-hydrogen) atoms. The maximum absolute atomic E-state index is 6.26. The molecule has 0 N–H and O–H groups in total. The van der Waals surface area contributed by atoms with E-state index in [4.69, 9.17) is 4.42 Å². The van der Waals surface area contributed by atoms with Crippen LogP contribution in [0, 0.1) is 0 Å². The second-order valence-electron chi connectivity index (χ2n) is 16.0. The van der Waals surface area contributed by atoms with Gasteiger partial charge < -0.3 is 9.32 Å². The summed E-state index contributed by atoms with van der Waals surface area (Å²) in [6, 6.07) is 85.5. The molecule has 0 aliphatic rings. The number of fused-ring (bicyclic) bond motifs is 7. The van der Waals surface area contributed by atoms with Crippen molar-refractivity contribution in [3.8, 4) is 44.5 Å². The average molecular weight is 790 g/mol. The van der Waals surface area contributed by atoms with E-state index in [1.807, 2.05) is 12.1 Å². The first kappa shape index (κ1) is 35.7. The molecule has 0 bridgehead atoms. The standard InChI is InChI=1S/C60H39NO/c1-3-16-50-41(11-1)13-8-19-51(50)43-27-25-40(26-28-43)46-14-7-15-49(39-46)61(48-36-31-45(32-37-48)54-21-10-24-59-60(54)57-18-5-6-23-58(57)62-59)47-34-29-44(30-35-47)53-20-9-22-55-52-17-4-2-12-42(52)33-38-56(53)55/h1-39H. The summed E-state index contributed by atoms with van der Waals surface area (Å²) >= 11 is 0. The Morgan fingerprint density at radius 1 is 0.258 bits per heavy atom. The summed E-state index contributed by atoms with van der Waals surface area (Å²) in [4.78, 5) is 2.37. The van der Waals surface area contributed by atoms with Gasteiger partial charge in [-0.3, -0.25) is 0 Å². The molecule has 0 amide bonds. The van der Waals surface area contributed by atoms with E-state index in [1.54, 1.807) is 0 Å². The van der Waals surface area contributed by atoms with Crippen LogP contribution in [0.25, 0.3) is 98.8 Å². The van der Waals surface area contributed by atoms with Gasteiger partial charge in [0, 0.05) is 27.8 Å². The normalized spacial score (nSPS) is 11.5. The lowest BCUT2D eigenvalue weighted by Crippen LogP contribution is -2.10. The fourth-order valence-electron chi connectivity index (χ4n) is 9.48. The number of anilines is 3. The first-order valence-corrected chi connectivity index (χ1v) is 21.2. The molecular weight excluding hydrogens is 751 g/mol. The average Bonchev–Trinajstić information content (AvgIpc) is 3.73. The summed E-state index contributed by atoms with van der Waals surface area (Å²) in [6.45, 7) is 0. The third-order valence-electron chi connectivity index (χ3n) is 12.5. The zero-order valence-electron chi connectivity index (χ0n) is 33.9. The Morgan fingerprint density at radius 3 is 1.52 bits per heavy atom. The van der Waals surface area contributed by atoms with Crippen LogP contribution in [0.5, 0.6) is 0 Å². The fraction of sp³-hybridized carbons (Fsp3) is 0. The second kappa shape index (κ2) is 14.8. The lowest BCUT2D eigenvalue weighted by atomic mass is 9.94. The molecule has 11 aromatic carbocycles. The zero-order valence-corrected chi connectivity index (χ0v) is 33.9. The maximum atomic E-state index is 6.26. The third-order valence-corrected chi connectivity index (χ3v) is 12.5. The van der Waals surface area contributed by atoms with Gasteiger partial charge in [0.15, 0.2) is 0 Å². The molecule has 2 nitrogen and oxygen atoms in total. The van der Waals surface area contributed by atoms with Gasteiger partial charge in [0.2, 0.25) is 0 Å². The summed E-state index contributed by atoms with van der Waals surface area (Å²) in [5.74, 6) is 0. The maximum Gasteiger partial charge on any atom is 0.136 e. The third kappa shape index (κ3) is 6.12. The molecule has 0 spiro atoms. The molecule has 1 aromatic heterocycles. The van der Waals surface area contributed by atoms with Gasteiger partial charge in [0.1, 0.15) is 11.2 Å². The molecule has 0 atom stereocenters. The highest BCUT2D eigenvalue weighted by Crippen LogP contribution is 2.42. The van der Waals surface area contributed by atoms with Gasteiger partial charge in [-0.05, 0) is 125 Å². The van der Waals surface area contributed by atoms with Crippen molar-refractivity contribution in [1.29, 1.82) is 0 Å². The molecule has 0 radical (unpaired) electrons. The molecular formula is C60H39NO. The van der Waals surface area contributed by atoms with Crippen molar-refractivity contribution in [2.75, 3.05) is 4.90 Å². The predicted molar refractivity (Wildman–Crippen MR) is 263 cm³/mol. The Morgan fingerprint density at radius 2 is 0.758 bits per heavy atom. The first-order chi connectivity index (χ1) is 30.7. The number of rotatable bonds is 7. The zero-order chi connectivity index (χ0) is 41.0. The van der Waals surface area contributed by atoms with Crippen molar-refractivity contribution in [3.63, 3.8) is 0 Å². The Labute approximate surface area is 360 Å². The Kier molecular flexibility index (Phi) is 8.53. The van der Waals surface area contributed by atoms with Gasteiger partial charge in [-0.1, -0.05) is 188 Å². The topological polar surface area (TPSA) is 16.4 Å². The number of hydrogen-bond acceptors (Lipinski definition) is 2. The van der Waals surface area contributed by atoms with Crippen LogP contribution in [0.2, 0.25) is 0 Å². The number of benzene rings is 11. The summed E-state index contributed by atoms with van der Waals surface area (Å²) in [5, 5.41) is 9.85. The number of hydrogen-bond donors (Lipinski definition) is 0. The number of furan rings is 1. The molecule has 0 saturated heterocycles. The van der Waals surface area contributed by atoms with Gasteiger partial charge in [0.05, 0.1) is 0 Å². The smallest absolute Gasteiger partial charge is 0.136 e. The highest BCUT2D eigenvalue weighted by Gasteiger charge is 2.17. The molecule has 0 unspecified atom stereocenters. The van der Waals surface area contributed by atoms with E-state index in [2.05, 4.69) is 229 Å². The quantitative estimate of drug-likeness (QED) is 0.150. The van der Waals surface area contributed by atoms with E-state index < -0.39 is 0 Å². The van der Waals surface area contributed by atoms with E-state index in [0.717, 1.165) is 55.7 Å². The van der Waals surface area contributed by atoms with E-state index in [0.29, 0.717) is 0 Å². The van der Waals surface area contributed by atoms with E-state index in [1.165, 1.54) is 60.1 Å². The van der Waals surface area contributed by atoms with Crippen LogP contribution in [0.4, 0.5) is 17.1 Å². The minimum atomic E-state index is 0.899. The van der Waals surface area contributed by atoms with Crippen LogP contribution in [0.1, 0.15) is 0 Å². The van der Waals surface area contributed by atoms with Gasteiger partial charge in [-0.15, -0.1) is 0 Å². The number of para-hydroxylation sites is 1. The van der Waals surface area contributed by atoms with Gasteiger partial charge in [-0.25, -0.2) is 0 Å². The summed E-state index contributed by atoms with van der Waals surface area (Å²) in [6.07, 6.45) is 0. The van der Waals surface area contributed by atoms with Crippen LogP contribution in [0.15, 0.2) is 241 Å². The molecule has 12 aromatic rings. The molecule has 1 heterocycles. The first-order valence-electron chi connectivity index (χ1n) is 21.2. The molecule has 0 fully saturated rings. The van der Waals surface area contributed by atoms with Gasteiger partial charge in [-0.2, -0.15) is 0 Å². The lowest BCUT2D eigenvalue weighted by Gasteiger charge is -2.26. The van der Waals surface area contributed by atoms with Crippen LogP contribution in [-0.2, 0) is 0 Å².